The average molecular weight is 497 g/mol. The molecule has 35 heavy (non-hydrogen) atoms. The van der Waals surface area contributed by atoms with Crippen LogP contribution in [-0.4, -0.2) is 54.0 Å². The second kappa shape index (κ2) is 9.85. The molecule has 2 aliphatic heterocycles. The molecule has 4 rings (SSSR count). The number of oxime groups is 1. The van der Waals surface area contributed by atoms with Crippen LogP contribution in [0.4, 0.5) is 13.2 Å². The maximum absolute atomic E-state index is 12.8. The van der Waals surface area contributed by atoms with Gasteiger partial charge in [0.2, 0.25) is 12.2 Å². The zero-order valence-corrected chi connectivity index (χ0v) is 20.6. The van der Waals surface area contributed by atoms with Gasteiger partial charge in [-0.3, -0.25) is 10.7 Å². The van der Waals surface area contributed by atoms with Crippen LogP contribution in [0.1, 0.15) is 59.8 Å². The third-order valence-electron chi connectivity index (χ3n) is 6.75. The Morgan fingerprint density at radius 3 is 2.69 bits per heavy atom. The lowest BCUT2D eigenvalue weighted by Gasteiger charge is -2.38. The van der Waals surface area contributed by atoms with Crippen molar-refractivity contribution in [3.05, 3.63) is 34.6 Å². The lowest BCUT2D eigenvalue weighted by Crippen LogP contribution is -2.48. The van der Waals surface area contributed by atoms with E-state index in [1.165, 1.54) is 0 Å². The molecule has 1 saturated carbocycles. The van der Waals surface area contributed by atoms with Gasteiger partial charge >= 0.3 is 6.18 Å². The minimum absolute atomic E-state index is 0.127. The van der Waals surface area contributed by atoms with E-state index in [2.05, 4.69) is 52.4 Å². The molecule has 5 N–H and O–H groups in total. The van der Waals surface area contributed by atoms with E-state index >= 15 is 0 Å². The van der Waals surface area contributed by atoms with Crippen molar-refractivity contribution in [2.45, 2.75) is 90.5 Å². The molecule has 0 aromatic rings. The van der Waals surface area contributed by atoms with E-state index in [9.17, 15) is 13.2 Å². The minimum Gasteiger partial charge on any atom is -0.439 e. The van der Waals surface area contributed by atoms with Gasteiger partial charge in [0.1, 0.15) is 6.04 Å². The smallest absolute Gasteiger partial charge is 0.401 e. The number of hydrogen-bond donors (Lipinski definition) is 5. The van der Waals surface area contributed by atoms with Crippen molar-refractivity contribution in [2.75, 3.05) is 6.54 Å². The first-order valence-corrected chi connectivity index (χ1v) is 12.1. The van der Waals surface area contributed by atoms with Gasteiger partial charge in [0.05, 0.1) is 12.3 Å². The first-order chi connectivity index (χ1) is 16.4. The molecule has 4 atom stereocenters. The fraction of sp³-hybridized carbons (Fsp3) is 0.667. The molecule has 8 nitrogen and oxygen atoms in total. The Hall–Kier alpha value is -2.53. The first-order valence-electron chi connectivity index (χ1n) is 12.1. The van der Waals surface area contributed by atoms with Gasteiger partial charge < -0.3 is 20.6 Å². The number of alkyl halides is 3. The van der Waals surface area contributed by atoms with Crippen molar-refractivity contribution in [2.24, 2.45) is 15.7 Å². The van der Waals surface area contributed by atoms with Gasteiger partial charge in [-0.2, -0.15) is 13.2 Å². The fourth-order valence-corrected chi connectivity index (χ4v) is 5.03. The molecule has 0 aromatic heterocycles. The summed E-state index contributed by atoms with van der Waals surface area (Å²) in [6.45, 7) is 7.12. The highest BCUT2D eigenvalue weighted by Gasteiger charge is 2.37. The van der Waals surface area contributed by atoms with Gasteiger partial charge in [-0.15, -0.1) is 5.10 Å². The van der Waals surface area contributed by atoms with E-state index in [0.717, 1.165) is 47.4 Å². The molecule has 194 valence electrons. The highest BCUT2D eigenvalue weighted by molar-refractivity contribution is 5.86. The van der Waals surface area contributed by atoms with Gasteiger partial charge in [0.15, 0.2) is 0 Å². The maximum atomic E-state index is 12.8. The number of hydrogen-bond acceptors (Lipinski definition) is 8. The molecule has 3 unspecified atom stereocenters. The van der Waals surface area contributed by atoms with Gasteiger partial charge in [-0.05, 0) is 60.8 Å². The van der Waals surface area contributed by atoms with E-state index in [1.807, 2.05) is 19.1 Å². The van der Waals surface area contributed by atoms with Crippen LogP contribution in [0.3, 0.4) is 0 Å². The van der Waals surface area contributed by atoms with E-state index < -0.39 is 25.1 Å². The number of halogens is 3. The predicted molar refractivity (Wildman–Crippen MR) is 128 cm³/mol. The van der Waals surface area contributed by atoms with Gasteiger partial charge in [-0.1, -0.05) is 32.0 Å². The highest BCUT2D eigenvalue weighted by Crippen LogP contribution is 2.40. The van der Waals surface area contributed by atoms with Crippen LogP contribution in [0.25, 0.3) is 0 Å². The topological polar surface area (TPSA) is 102 Å². The van der Waals surface area contributed by atoms with E-state index in [4.69, 9.17) is 9.94 Å². The number of rotatable bonds is 5. The molecule has 2 heterocycles. The molecule has 0 saturated heterocycles. The molecule has 1 fully saturated rings. The Bertz CT molecular complexity index is 977. The molecule has 0 amide bonds. The molecule has 0 aromatic carbocycles. The van der Waals surface area contributed by atoms with Crippen LogP contribution in [0, 0.1) is 5.41 Å². The summed E-state index contributed by atoms with van der Waals surface area (Å²) in [6.07, 6.45) is 3.01. The largest absolute Gasteiger partial charge is 0.439 e. The Morgan fingerprint density at radius 1 is 1.23 bits per heavy atom. The zero-order valence-electron chi connectivity index (χ0n) is 20.6. The fourth-order valence-electron chi connectivity index (χ4n) is 5.03. The maximum Gasteiger partial charge on any atom is 0.401 e. The van der Waals surface area contributed by atoms with Crippen molar-refractivity contribution < 1.29 is 23.1 Å². The molecular weight excluding hydrogens is 461 g/mol. The van der Waals surface area contributed by atoms with Crippen LogP contribution in [-0.2, 0) is 4.74 Å². The molecule has 0 spiro atoms. The van der Waals surface area contributed by atoms with E-state index in [-0.39, 0.29) is 17.5 Å². The highest BCUT2D eigenvalue weighted by atomic mass is 19.4. The number of nitrogens with zero attached hydrogens (tertiary/aromatic N) is 2. The van der Waals surface area contributed by atoms with E-state index in [0.29, 0.717) is 18.7 Å². The molecular formula is C24H35F3N6O2. The Morgan fingerprint density at radius 2 is 2.00 bits per heavy atom. The van der Waals surface area contributed by atoms with Crippen molar-refractivity contribution in [1.29, 1.82) is 0 Å². The van der Waals surface area contributed by atoms with Crippen LogP contribution in [0.5, 0.6) is 0 Å². The lowest BCUT2D eigenvalue weighted by atomic mass is 9.75. The SMILES string of the molecule is CC1=CC(C2=NNC(N[C@@H]3CCC/C(=N/O)C3)O2)NC2=C1CC(NCC(F)(F)F)C=C2C(C)(C)C. The molecule has 0 radical (unpaired) electrons. The summed E-state index contributed by atoms with van der Waals surface area (Å²) in [5, 5.41) is 26.4. The van der Waals surface area contributed by atoms with Crippen molar-refractivity contribution >= 4 is 11.6 Å². The summed E-state index contributed by atoms with van der Waals surface area (Å²) in [7, 11) is 0. The summed E-state index contributed by atoms with van der Waals surface area (Å²) in [6, 6.07) is -0.577. The normalized spacial score (nSPS) is 30.6. The number of nitrogens with one attached hydrogen (secondary N) is 4. The number of allylic oxidation sites excluding steroid dienone is 2. The Labute approximate surface area is 203 Å². The van der Waals surface area contributed by atoms with Crippen molar-refractivity contribution in [1.82, 2.24) is 21.4 Å². The quantitative estimate of drug-likeness (QED) is 0.294. The van der Waals surface area contributed by atoms with Crippen molar-refractivity contribution in [3.8, 4) is 0 Å². The number of dihydropyridines is 1. The average Bonchev–Trinajstić information content (AvgIpc) is 3.25. The standard InChI is InChI=1S/C24H35F3N6O2/c1-13-8-19(21-31-32-22(35-21)29-14-6-5-7-15(9-14)33-34)30-20-17(13)10-16(28-12-24(25,26)27)11-18(20)23(2,3)4/h8,11,14,16,19,22,28-30,32,34H,5-7,9-10,12H2,1-4H3/b33-15-/t14-,16?,19?,22?/m1/s1. The van der Waals surface area contributed by atoms with E-state index in [1.54, 1.807) is 0 Å². The van der Waals surface area contributed by atoms with Gasteiger partial charge in [0.25, 0.3) is 0 Å². The van der Waals surface area contributed by atoms with Gasteiger partial charge in [-0.25, -0.2) is 0 Å². The third kappa shape index (κ3) is 6.19. The number of ether oxygens (including phenoxy) is 1. The summed E-state index contributed by atoms with van der Waals surface area (Å²) in [5.74, 6) is 0.492. The summed E-state index contributed by atoms with van der Waals surface area (Å²) < 4.78 is 44.5. The monoisotopic (exact) mass is 496 g/mol. The number of hydrazone groups is 1. The molecule has 2 aliphatic carbocycles. The molecule has 0 bridgehead atoms. The zero-order chi connectivity index (χ0) is 25.4. The predicted octanol–water partition coefficient (Wildman–Crippen LogP) is 3.63. The summed E-state index contributed by atoms with van der Waals surface area (Å²) in [4.78, 5) is 0. The lowest BCUT2D eigenvalue weighted by molar-refractivity contribution is -0.125. The second-order valence-electron chi connectivity index (χ2n) is 10.7. The summed E-state index contributed by atoms with van der Waals surface area (Å²) in [5.41, 5.74) is 7.40. The molecule has 11 heteroatoms. The summed E-state index contributed by atoms with van der Waals surface area (Å²) >= 11 is 0. The van der Waals surface area contributed by atoms with Gasteiger partial charge in [0, 0.05) is 24.2 Å². The Kier molecular flexibility index (Phi) is 7.19. The van der Waals surface area contributed by atoms with Crippen LogP contribution in [0.15, 0.2) is 44.8 Å². The van der Waals surface area contributed by atoms with Crippen LogP contribution < -0.4 is 21.4 Å². The first kappa shape index (κ1) is 25.6. The molecule has 4 aliphatic rings. The van der Waals surface area contributed by atoms with Crippen LogP contribution >= 0.6 is 0 Å². The Balaban J connectivity index is 1.44. The minimum atomic E-state index is -4.26. The third-order valence-corrected chi connectivity index (χ3v) is 6.75. The van der Waals surface area contributed by atoms with Crippen molar-refractivity contribution in [3.63, 3.8) is 0 Å². The van der Waals surface area contributed by atoms with Crippen LogP contribution in [0.2, 0.25) is 0 Å². The second-order valence-corrected chi connectivity index (χ2v) is 10.7.